The summed E-state index contributed by atoms with van der Waals surface area (Å²) in [7, 11) is 4.53. The third-order valence-electron chi connectivity index (χ3n) is 6.15. The van der Waals surface area contributed by atoms with Crippen molar-refractivity contribution in [3.63, 3.8) is 0 Å². The molecule has 1 fully saturated rings. The van der Waals surface area contributed by atoms with E-state index in [2.05, 4.69) is 10.6 Å². The van der Waals surface area contributed by atoms with E-state index in [4.69, 9.17) is 14.2 Å². The summed E-state index contributed by atoms with van der Waals surface area (Å²) >= 11 is 1.42. The molecule has 0 unspecified atom stereocenters. The van der Waals surface area contributed by atoms with Crippen molar-refractivity contribution in [1.29, 1.82) is 0 Å². The van der Waals surface area contributed by atoms with Gasteiger partial charge in [0.05, 0.1) is 32.8 Å². The molecule has 2 amide bonds. The second-order valence-electron chi connectivity index (χ2n) is 8.24. The van der Waals surface area contributed by atoms with Gasteiger partial charge in [-0.05, 0) is 55.9 Å². The molecular formula is C25H32N2O6S. The van der Waals surface area contributed by atoms with Crippen LogP contribution in [0, 0.1) is 11.8 Å². The number of amides is 2. The normalized spacial score (nSPS) is 17.5. The molecule has 1 aromatic heterocycles. The van der Waals surface area contributed by atoms with Crippen molar-refractivity contribution in [2.24, 2.45) is 11.8 Å². The van der Waals surface area contributed by atoms with E-state index in [0.717, 1.165) is 16.9 Å². The number of hydrogen-bond donors (Lipinski definition) is 2. The predicted octanol–water partition coefficient (Wildman–Crippen LogP) is 4.18. The number of methoxy groups -OCH3 is 3. The van der Waals surface area contributed by atoms with E-state index in [0.29, 0.717) is 54.3 Å². The largest absolute Gasteiger partial charge is 0.493 e. The number of esters is 1. The number of thiophene rings is 1. The standard InChI is InChI=1S/C25H32N2O6S/c1-5-18-13-19(23(29)26-14-15-6-11-20(31-2)21(12-15)32-3)24(34-18)27-22(28)16-7-9-17(10-8-16)25(30)33-4/h6,11-13,16-17H,5,7-10,14H2,1-4H3,(H,26,29)(H,27,28). The average Bonchev–Trinajstić information content (AvgIpc) is 3.29. The van der Waals surface area contributed by atoms with Crippen LogP contribution in [-0.4, -0.2) is 39.1 Å². The summed E-state index contributed by atoms with van der Waals surface area (Å²) in [5, 5.41) is 6.46. The Morgan fingerprint density at radius 1 is 0.971 bits per heavy atom. The van der Waals surface area contributed by atoms with Gasteiger partial charge in [-0.15, -0.1) is 11.3 Å². The Bertz CT molecular complexity index is 1030. The molecule has 0 bridgehead atoms. The van der Waals surface area contributed by atoms with Crippen molar-refractivity contribution in [3.8, 4) is 11.5 Å². The maximum atomic E-state index is 13.0. The van der Waals surface area contributed by atoms with E-state index in [1.807, 2.05) is 25.1 Å². The van der Waals surface area contributed by atoms with Crippen LogP contribution < -0.4 is 20.1 Å². The van der Waals surface area contributed by atoms with Crippen LogP contribution in [0.1, 0.15) is 53.4 Å². The predicted molar refractivity (Wildman–Crippen MR) is 131 cm³/mol. The second kappa shape index (κ2) is 11.9. The van der Waals surface area contributed by atoms with E-state index in [9.17, 15) is 14.4 Å². The van der Waals surface area contributed by atoms with E-state index in [-0.39, 0.29) is 29.6 Å². The van der Waals surface area contributed by atoms with Gasteiger partial charge in [0.25, 0.3) is 5.91 Å². The molecule has 8 nitrogen and oxygen atoms in total. The number of carbonyl (C=O) groups is 3. The molecule has 2 N–H and O–H groups in total. The molecule has 3 rings (SSSR count). The molecule has 1 aromatic carbocycles. The van der Waals surface area contributed by atoms with Crippen LogP contribution in [0.4, 0.5) is 5.00 Å². The molecule has 34 heavy (non-hydrogen) atoms. The molecule has 1 aliphatic carbocycles. The number of aryl methyl sites for hydroxylation is 1. The van der Waals surface area contributed by atoms with Gasteiger partial charge in [0, 0.05) is 17.3 Å². The van der Waals surface area contributed by atoms with E-state index >= 15 is 0 Å². The van der Waals surface area contributed by atoms with Gasteiger partial charge in [-0.2, -0.15) is 0 Å². The summed E-state index contributed by atoms with van der Waals surface area (Å²) in [6.45, 7) is 2.32. The number of benzene rings is 1. The van der Waals surface area contributed by atoms with Crippen LogP contribution in [0.3, 0.4) is 0 Å². The first-order chi connectivity index (χ1) is 16.4. The molecule has 1 saturated carbocycles. The lowest BCUT2D eigenvalue weighted by Crippen LogP contribution is -2.30. The lowest BCUT2D eigenvalue weighted by atomic mass is 9.81. The summed E-state index contributed by atoms with van der Waals surface area (Å²) in [5.74, 6) is 0.313. The van der Waals surface area contributed by atoms with E-state index < -0.39 is 0 Å². The Hall–Kier alpha value is -3.07. The number of ether oxygens (including phenoxy) is 3. The van der Waals surface area contributed by atoms with Gasteiger partial charge in [0.2, 0.25) is 5.91 Å². The zero-order chi connectivity index (χ0) is 24.7. The zero-order valence-corrected chi connectivity index (χ0v) is 20.9. The molecular weight excluding hydrogens is 456 g/mol. The van der Waals surface area contributed by atoms with Crippen LogP contribution in [-0.2, 0) is 27.3 Å². The fourth-order valence-electron chi connectivity index (χ4n) is 4.12. The van der Waals surface area contributed by atoms with E-state index in [1.54, 1.807) is 20.3 Å². The van der Waals surface area contributed by atoms with Gasteiger partial charge in [-0.25, -0.2) is 0 Å². The molecule has 0 aliphatic heterocycles. The van der Waals surface area contributed by atoms with Crippen LogP contribution in [0.5, 0.6) is 11.5 Å². The molecule has 0 radical (unpaired) electrons. The minimum Gasteiger partial charge on any atom is -0.493 e. The third kappa shape index (κ3) is 6.08. The Labute approximate surface area is 204 Å². The first-order valence-corrected chi connectivity index (χ1v) is 12.2. The molecule has 0 atom stereocenters. The minimum atomic E-state index is -0.254. The monoisotopic (exact) mass is 488 g/mol. The van der Waals surface area contributed by atoms with Crippen molar-refractivity contribution < 1.29 is 28.6 Å². The lowest BCUT2D eigenvalue weighted by Gasteiger charge is -2.26. The molecule has 9 heteroatoms. The van der Waals surface area contributed by atoms with Gasteiger partial charge >= 0.3 is 5.97 Å². The van der Waals surface area contributed by atoms with Crippen molar-refractivity contribution in [3.05, 3.63) is 40.3 Å². The quantitative estimate of drug-likeness (QED) is 0.514. The van der Waals surface area contributed by atoms with Crippen LogP contribution in [0.25, 0.3) is 0 Å². The number of nitrogens with one attached hydrogen (secondary N) is 2. The first kappa shape index (κ1) is 25.6. The maximum Gasteiger partial charge on any atom is 0.308 e. The van der Waals surface area contributed by atoms with Gasteiger partial charge < -0.3 is 24.8 Å². The number of anilines is 1. The highest BCUT2D eigenvalue weighted by Crippen LogP contribution is 2.33. The Morgan fingerprint density at radius 3 is 2.26 bits per heavy atom. The number of rotatable bonds is 9. The second-order valence-corrected chi connectivity index (χ2v) is 9.38. The van der Waals surface area contributed by atoms with Crippen molar-refractivity contribution in [2.45, 2.75) is 45.6 Å². The maximum absolute atomic E-state index is 13.0. The van der Waals surface area contributed by atoms with Crippen molar-refractivity contribution in [2.75, 3.05) is 26.6 Å². The van der Waals surface area contributed by atoms with Crippen molar-refractivity contribution >= 4 is 34.1 Å². The minimum absolute atomic E-state index is 0.109. The SMILES string of the molecule is CCc1cc(C(=O)NCc2ccc(OC)c(OC)c2)c(NC(=O)C2CCC(C(=O)OC)CC2)s1. The number of carbonyl (C=O) groups excluding carboxylic acids is 3. The first-order valence-electron chi connectivity index (χ1n) is 11.4. The molecule has 2 aromatic rings. The van der Waals surface area contributed by atoms with Crippen molar-refractivity contribution in [1.82, 2.24) is 5.32 Å². The summed E-state index contributed by atoms with van der Waals surface area (Å²) in [6.07, 6.45) is 3.28. The van der Waals surface area contributed by atoms with Gasteiger partial charge in [-0.1, -0.05) is 13.0 Å². The highest BCUT2D eigenvalue weighted by atomic mass is 32.1. The molecule has 1 aliphatic rings. The summed E-state index contributed by atoms with van der Waals surface area (Å²) in [6, 6.07) is 7.30. The van der Waals surface area contributed by atoms with Crippen LogP contribution >= 0.6 is 11.3 Å². The van der Waals surface area contributed by atoms with Crippen LogP contribution in [0.15, 0.2) is 24.3 Å². The van der Waals surface area contributed by atoms with Gasteiger partial charge in [-0.3, -0.25) is 14.4 Å². The molecule has 0 saturated heterocycles. The third-order valence-corrected chi connectivity index (χ3v) is 7.34. The molecule has 184 valence electrons. The Morgan fingerprint density at radius 2 is 1.65 bits per heavy atom. The zero-order valence-electron chi connectivity index (χ0n) is 20.1. The fourth-order valence-corrected chi connectivity index (χ4v) is 5.11. The van der Waals surface area contributed by atoms with Crippen LogP contribution in [0.2, 0.25) is 0 Å². The fraction of sp³-hybridized carbons (Fsp3) is 0.480. The molecule has 1 heterocycles. The Balaban J connectivity index is 1.65. The smallest absolute Gasteiger partial charge is 0.308 e. The Kier molecular flexibility index (Phi) is 8.92. The summed E-state index contributed by atoms with van der Waals surface area (Å²) in [5.41, 5.74) is 1.32. The number of hydrogen-bond acceptors (Lipinski definition) is 7. The highest BCUT2D eigenvalue weighted by Gasteiger charge is 2.31. The lowest BCUT2D eigenvalue weighted by molar-refractivity contribution is -0.147. The highest BCUT2D eigenvalue weighted by molar-refractivity contribution is 7.16. The topological polar surface area (TPSA) is 103 Å². The summed E-state index contributed by atoms with van der Waals surface area (Å²) in [4.78, 5) is 38.7. The van der Waals surface area contributed by atoms with Gasteiger partial charge in [0.15, 0.2) is 11.5 Å². The van der Waals surface area contributed by atoms with E-state index in [1.165, 1.54) is 18.4 Å². The average molecular weight is 489 g/mol. The summed E-state index contributed by atoms with van der Waals surface area (Å²) < 4.78 is 15.4. The molecule has 0 spiro atoms. The van der Waals surface area contributed by atoms with Gasteiger partial charge in [0.1, 0.15) is 5.00 Å².